The molecule has 7 rings (SSSR count). The highest BCUT2D eigenvalue weighted by Crippen LogP contribution is 2.70. The zero-order valence-corrected chi connectivity index (χ0v) is 33.9. The minimum absolute atomic E-state index is 0.0231. The molecule has 18 heteroatoms. The highest BCUT2D eigenvalue weighted by molar-refractivity contribution is 7.61. The van der Waals surface area contributed by atoms with E-state index < -0.39 is 93.1 Å². The van der Waals surface area contributed by atoms with E-state index in [4.69, 9.17) is 22.8 Å². The lowest BCUT2D eigenvalue weighted by Gasteiger charge is -2.60. The summed E-state index contributed by atoms with van der Waals surface area (Å²) >= 11 is 0. The first-order chi connectivity index (χ1) is 27.3. The molecule has 0 heterocycles. The van der Waals surface area contributed by atoms with Crippen molar-refractivity contribution in [2.24, 2.45) is 28.6 Å². The number of ether oxygens (including phenoxy) is 2. The molecule has 58 heavy (non-hydrogen) atoms. The predicted molar refractivity (Wildman–Crippen MR) is 205 cm³/mol. The van der Waals surface area contributed by atoms with Crippen molar-refractivity contribution >= 4 is 39.3 Å². The molecule has 0 aliphatic heterocycles. The summed E-state index contributed by atoms with van der Waals surface area (Å²) in [5, 5.41) is 25.7. The first kappa shape index (κ1) is 42.3. The van der Waals surface area contributed by atoms with Gasteiger partial charge >= 0.3 is 27.7 Å². The molecule has 0 spiro atoms. The van der Waals surface area contributed by atoms with Gasteiger partial charge < -0.3 is 34.8 Å². The molecule has 2 aromatic rings. The van der Waals surface area contributed by atoms with Crippen LogP contribution in [0.25, 0.3) is 11.1 Å². The number of amides is 1. The second-order valence-electron chi connectivity index (χ2n) is 16.1. The summed E-state index contributed by atoms with van der Waals surface area (Å²) < 4.78 is 52.3. The maximum absolute atomic E-state index is 13.6. The third-order valence-electron chi connectivity index (χ3n) is 13.0. The van der Waals surface area contributed by atoms with Gasteiger partial charge in [-0.1, -0.05) is 74.0 Å². The summed E-state index contributed by atoms with van der Waals surface area (Å²) in [6.07, 6.45) is 1.24. The Morgan fingerprint density at radius 2 is 1.62 bits per heavy atom. The molecule has 2 aromatic carbocycles. The zero-order chi connectivity index (χ0) is 41.8. The average Bonchev–Trinajstić information content (AvgIpc) is 3.58. The number of alkyl carbamates (subject to hydrolysis) is 1. The van der Waals surface area contributed by atoms with E-state index in [0.717, 1.165) is 34.8 Å². The van der Waals surface area contributed by atoms with Crippen molar-refractivity contribution in [1.82, 2.24) is 5.32 Å². The van der Waals surface area contributed by atoms with Crippen LogP contribution in [0.3, 0.4) is 0 Å². The van der Waals surface area contributed by atoms with Gasteiger partial charge in [0.05, 0.1) is 18.8 Å². The van der Waals surface area contributed by atoms with Gasteiger partial charge in [0, 0.05) is 36.1 Å². The van der Waals surface area contributed by atoms with Crippen LogP contribution in [0, 0.1) is 28.6 Å². The number of esters is 1. The molecule has 3 saturated carbocycles. The second-order valence-corrected chi connectivity index (χ2v) is 19.1. The quantitative estimate of drug-likeness (QED) is 0.102. The highest BCUT2D eigenvalue weighted by atomic mass is 31.3. The van der Waals surface area contributed by atoms with E-state index in [1.165, 1.54) is 12.2 Å². The Morgan fingerprint density at radius 3 is 2.28 bits per heavy atom. The lowest BCUT2D eigenvalue weighted by Crippen LogP contribution is -2.64. The summed E-state index contributed by atoms with van der Waals surface area (Å²) in [4.78, 5) is 71.6. The Labute approximate surface area is 334 Å². The van der Waals surface area contributed by atoms with Gasteiger partial charge in [0.15, 0.2) is 18.0 Å². The predicted octanol–water partition coefficient (Wildman–Crippen LogP) is 4.90. The highest BCUT2D eigenvalue weighted by Gasteiger charge is 2.72. The van der Waals surface area contributed by atoms with Gasteiger partial charge in [0.2, 0.25) is 5.78 Å². The minimum Gasteiger partial charge on any atom is -0.458 e. The third-order valence-corrected chi connectivity index (χ3v) is 15.7. The monoisotopic (exact) mass is 843 g/mol. The van der Waals surface area contributed by atoms with Crippen molar-refractivity contribution in [1.29, 1.82) is 0 Å². The number of hydrogen-bond acceptors (Lipinski definition) is 13. The molecule has 5 aliphatic rings. The van der Waals surface area contributed by atoms with Crippen molar-refractivity contribution in [2.45, 2.75) is 70.2 Å². The fourth-order valence-corrected chi connectivity index (χ4v) is 12.7. The lowest BCUT2D eigenvalue weighted by atomic mass is 9.46. The number of fused-ring (bicyclic) bond motifs is 8. The number of Topliss-reactive ketones (excluding diaryl/α,β-unsaturated/α-hetero) is 1. The van der Waals surface area contributed by atoms with Gasteiger partial charge in [-0.2, -0.15) is 4.31 Å². The number of allylic oxidation sites excluding steroid dienone is 4. The lowest BCUT2D eigenvalue weighted by molar-refractivity contribution is -0.190. The summed E-state index contributed by atoms with van der Waals surface area (Å²) in [6, 6.07) is 15.6. The molecule has 5 N–H and O–H groups in total. The standard InChI is InChI=1S/C40H47NO15P2/c1-23(42)52-22-35(45)40(47)34(44)19-32-30-13-12-24-18-25(43)14-15-38(24,2)36(30)33(20-39(32,40)3)55-58(50,51)56-57(48,49)54-17-16-41-37(46)53-21-31-28-10-6-4-8-26(28)27-9-5-7-11-29(27)31/h4-11,14-15,18,30-34,36,44,47H,12-13,16-17,19-22H2,1-3H3,(H,41,46)(H,48,49)(H,50,51)/t30-,32-,33-,34+,36+,38-,39-,40-/m0/s1. The van der Waals surface area contributed by atoms with Crippen molar-refractivity contribution in [3.63, 3.8) is 0 Å². The number of aliphatic hydroxyl groups is 2. The average molecular weight is 844 g/mol. The molecule has 5 aliphatic carbocycles. The second kappa shape index (κ2) is 15.7. The third kappa shape index (κ3) is 7.59. The summed E-state index contributed by atoms with van der Waals surface area (Å²) in [6.45, 7) is 2.68. The fourth-order valence-electron chi connectivity index (χ4n) is 10.5. The minimum atomic E-state index is -5.51. The van der Waals surface area contributed by atoms with Crippen LogP contribution in [0.1, 0.15) is 63.5 Å². The molecular weight excluding hydrogens is 796 g/mol. The van der Waals surface area contributed by atoms with Crippen LogP contribution < -0.4 is 5.32 Å². The van der Waals surface area contributed by atoms with E-state index in [9.17, 15) is 48.3 Å². The van der Waals surface area contributed by atoms with Crippen LogP contribution in [-0.2, 0) is 46.3 Å². The number of ketones is 2. The molecule has 0 radical (unpaired) electrons. The number of rotatable bonds is 13. The number of nitrogens with one attached hydrogen (secondary N) is 1. The van der Waals surface area contributed by atoms with E-state index in [-0.39, 0.29) is 37.7 Å². The number of phosphoric ester groups is 2. The summed E-state index contributed by atoms with van der Waals surface area (Å²) in [5.74, 6) is -3.89. The molecule has 312 valence electrons. The molecule has 0 saturated heterocycles. The molecule has 10 atom stereocenters. The van der Waals surface area contributed by atoms with Crippen molar-refractivity contribution in [3.05, 3.63) is 83.5 Å². The number of phosphoric acid groups is 2. The first-order valence-electron chi connectivity index (χ1n) is 19.1. The Bertz CT molecular complexity index is 2130. The largest absolute Gasteiger partial charge is 0.481 e. The van der Waals surface area contributed by atoms with E-state index in [1.54, 1.807) is 13.0 Å². The first-order valence-corrected chi connectivity index (χ1v) is 22.1. The normalized spacial score (nSPS) is 32.9. The molecule has 16 nitrogen and oxygen atoms in total. The van der Waals surface area contributed by atoms with Crippen molar-refractivity contribution in [2.75, 3.05) is 26.4 Å². The van der Waals surface area contributed by atoms with Crippen LogP contribution in [-0.4, -0.2) is 87.8 Å². The summed E-state index contributed by atoms with van der Waals surface area (Å²) in [7, 11) is -10.8. The van der Waals surface area contributed by atoms with E-state index in [1.807, 2.05) is 55.5 Å². The summed E-state index contributed by atoms with van der Waals surface area (Å²) in [5.41, 5.74) is -0.0592. The Balaban J connectivity index is 1.01. The fraction of sp³-hybridized carbons (Fsp3) is 0.500. The molecule has 0 bridgehead atoms. The maximum Gasteiger partial charge on any atom is 0.481 e. The number of hydrogen-bond donors (Lipinski definition) is 5. The van der Waals surface area contributed by atoms with E-state index in [2.05, 4.69) is 5.32 Å². The van der Waals surface area contributed by atoms with Crippen LogP contribution in [0.5, 0.6) is 0 Å². The van der Waals surface area contributed by atoms with Gasteiger partial charge in [-0.15, -0.1) is 0 Å². The zero-order valence-electron chi connectivity index (χ0n) is 32.1. The molecule has 3 fully saturated rings. The molecule has 1 amide bonds. The van der Waals surface area contributed by atoms with Gasteiger partial charge in [-0.25, -0.2) is 13.9 Å². The number of benzene rings is 2. The van der Waals surface area contributed by atoms with E-state index in [0.29, 0.717) is 12.8 Å². The number of aliphatic hydroxyl groups excluding tert-OH is 1. The number of carbonyl (C=O) groups is 4. The van der Waals surface area contributed by atoms with Gasteiger partial charge in [-0.05, 0) is 71.9 Å². The topological polar surface area (TPSA) is 242 Å². The van der Waals surface area contributed by atoms with Gasteiger partial charge in [0.1, 0.15) is 6.61 Å². The molecule has 0 aromatic heterocycles. The Hall–Kier alpha value is -3.82. The van der Waals surface area contributed by atoms with Gasteiger partial charge in [-0.3, -0.25) is 23.4 Å². The maximum atomic E-state index is 13.6. The van der Waals surface area contributed by atoms with Crippen LogP contribution in [0.4, 0.5) is 4.79 Å². The van der Waals surface area contributed by atoms with Crippen molar-refractivity contribution < 1.29 is 71.1 Å². The van der Waals surface area contributed by atoms with Crippen LogP contribution in [0.2, 0.25) is 0 Å². The van der Waals surface area contributed by atoms with Gasteiger partial charge in [0.25, 0.3) is 0 Å². The van der Waals surface area contributed by atoms with Crippen LogP contribution in [0.15, 0.2) is 72.3 Å². The van der Waals surface area contributed by atoms with Crippen LogP contribution >= 0.6 is 15.6 Å². The Morgan fingerprint density at radius 1 is 0.966 bits per heavy atom. The molecular formula is C40H47NO15P2. The smallest absolute Gasteiger partial charge is 0.458 e. The molecule has 2 unspecified atom stereocenters. The number of carbonyl (C=O) groups excluding carboxylic acids is 4. The SMILES string of the molecule is CC(=O)OCC(=O)[C@@]1(O)[C@H](O)C[C@H]2[C@@H]3CCC4=CC(=O)C=C[C@]4(C)[C@H]3[C@@H](OP(=O)(O)OP(=O)(O)OCCNC(=O)OCC3c4ccccc4-c4ccccc43)C[C@@]21C. The Kier molecular flexibility index (Phi) is 11.4. The van der Waals surface area contributed by atoms with Crippen molar-refractivity contribution in [3.8, 4) is 11.1 Å². The van der Waals surface area contributed by atoms with E-state index >= 15 is 0 Å².